The lowest BCUT2D eigenvalue weighted by molar-refractivity contribution is -0.917. The maximum atomic E-state index is 12.4. The number of ether oxygens (including phenoxy) is 2. The van der Waals surface area contributed by atoms with Crippen LogP contribution in [-0.2, 0) is 11.3 Å². The van der Waals surface area contributed by atoms with Crippen LogP contribution >= 0.6 is 11.6 Å². The van der Waals surface area contributed by atoms with Gasteiger partial charge in [0.2, 0.25) is 0 Å². The van der Waals surface area contributed by atoms with Crippen molar-refractivity contribution in [3.05, 3.63) is 58.6 Å². The van der Waals surface area contributed by atoms with Crippen LogP contribution in [0.25, 0.3) is 0 Å². The van der Waals surface area contributed by atoms with Gasteiger partial charge in [0.25, 0.3) is 5.91 Å². The number of methoxy groups -OCH3 is 1. The molecule has 0 aliphatic carbocycles. The molecule has 0 radical (unpaired) electrons. The highest BCUT2D eigenvalue weighted by Gasteiger charge is 2.24. The number of carbonyl (C=O) groups excluding carboxylic acids is 1. The fourth-order valence-corrected chi connectivity index (χ4v) is 3.34. The van der Waals surface area contributed by atoms with E-state index in [9.17, 15) is 4.79 Å². The molecule has 0 unspecified atom stereocenters. The Morgan fingerprint density at radius 1 is 1.11 bits per heavy atom. The van der Waals surface area contributed by atoms with Gasteiger partial charge in [0.15, 0.2) is 6.61 Å². The number of nitrogens with zero attached hydrogens (tertiary/aromatic N) is 1. The molecule has 1 aliphatic rings. The summed E-state index contributed by atoms with van der Waals surface area (Å²) in [6.45, 7) is 6.35. The summed E-state index contributed by atoms with van der Waals surface area (Å²) < 4.78 is 10.8. The van der Waals surface area contributed by atoms with Gasteiger partial charge in [-0.25, -0.2) is 0 Å². The van der Waals surface area contributed by atoms with Crippen molar-refractivity contribution in [3.63, 3.8) is 0 Å². The number of nitrogens with one attached hydrogen (secondary N) is 1. The monoisotopic (exact) mass is 389 g/mol. The number of quaternary nitrogens is 1. The van der Waals surface area contributed by atoms with Crippen LogP contribution in [0.15, 0.2) is 42.5 Å². The third-order valence-electron chi connectivity index (χ3n) is 4.93. The Kier molecular flexibility index (Phi) is 6.58. The van der Waals surface area contributed by atoms with Crippen molar-refractivity contribution in [1.29, 1.82) is 0 Å². The van der Waals surface area contributed by atoms with Crippen LogP contribution in [0.2, 0.25) is 5.02 Å². The van der Waals surface area contributed by atoms with Gasteiger partial charge in [0.1, 0.15) is 18.0 Å². The Balaban J connectivity index is 1.43. The summed E-state index contributed by atoms with van der Waals surface area (Å²) in [5, 5.41) is 0.699. The van der Waals surface area contributed by atoms with E-state index < -0.39 is 0 Å². The molecular weight excluding hydrogens is 364 g/mol. The van der Waals surface area contributed by atoms with Crippen LogP contribution in [0.5, 0.6) is 11.5 Å². The fraction of sp³-hybridized carbons (Fsp3) is 0.381. The number of piperazine rings is 1. The number of hydrogen-bond donors (Lipinski definition) is 1. The van der Waals surface area contributed by atoms with Crippen LogP contribution in [0, 0.1) is 6.92 Å². The molecule has 1 heterocycles. The number of hydrogen-bond acceptors (Lipinski definition) is 3. The molecule has 0 atom stereocenters. The van der Waals surface area contributed by atoms with E-state index in [-0.39, 0.29) is 12.5 Å². The molecule has 2 aromatic rings. The minimum Gasteiger partial charge on any atom is -0.497 e. The van der Waals surface area contributed by atoms with Gasteiger partial charge in [0.05, 0.1) is 33.3 Å². The third-order valence-corrected chi connectivity index (χ3v) is 5.35. The molecule has 1 fully saturated rings. The van der Waals surface area contributed by atoms with Crippen LogP contribution in [0.3, 0.4) is 0 Å². The number of amides is 1. The summed E-state index contributed by atoms with van der Waals surface area (Å²) in [4.78, 5) is 15.8. The van der Waals surface area contributed by atoms with Gasteiger partial charge in [-0.2, -0.15) is 0 Å². The first-order valence-corrected chi connectivity index (χ1v) is 9.56. The van der Waals surface area contributed by atoms with E-state index in [1.54, 1.807) is 19.2 Å². The first-order valence-electron chi connectivity index (χ1n) is 9.18. The van der Waals surface area contributed by atoms with Crippen molar-refractivity contribution in [2.24, 2.45) is 0 Å². The highest BCUT2D eigenvalue weighted by Crippen LogP contribution is 2.21. The average molecular weight is 390 g/mol. The zero-order chi connectivity index (χ0) is 19.2. The largest absolute Gasteiger partial charge is 0.497 e. The highest BCUT2D eigenvalue weighted by molar-refractivity contribution is 6.31. The van der Waals surface area contributed by atoms with Crippen molar-refractivity contribution in [3.8, 4) is 11.5 Å². The Morgan fingerprint density at radius 3 is 2.41 bits per heavy atom. The first kappa shape index (κ1) is 19.5. The number of aryl methyl sites for hydroxylation is 1. The van der Waals surface area contributed by atoms with Crippen molar-refractivity contribution < 1.29 is 19.2 Å². The predicted molar refractivity (Wildman–Crippen MR) is 106 cm³/mol. The minimum atomic E-state index is 0.0334. The lowest BCUT2D eigenvalue weighted by Gasteiger charge is -2.32. The lowest BCUT2D eigenvalue weighted by atomic mass is 10.2. The standard InChI is InChI=1S/C21H25ClN2O3/c1-16-13-19(7-8-20(16)22)27-15-21(25)24-11-9-23(10-12-24)14-17-3-5-18(26-2)6-4-17/h3-8,13H,9-12,14-15H2,1-2H3/p+1. The van der Waals surface area contributed by atoms with Crippen LogP contribution in [0.4, 0.5) is 0 Å². The van der Waals surface area contributed by atoms with Gasteiger partial charge in [0, 0.05) is 10.6 Å². The molecule has 0 aromatic heterocycles. The molecule has 5 nitrogen and oxygen atoms in total. The molecule has 1 N–H and O–H groups in total. The predicted octanol–water partition coefficient (Wildman–Crippen LogP) is 1.96. The van der Waals surface area contributed by atoms with Crippen LogP contribution in [0.1, 0.15) is 11.1 Å². The van der Waals surface area contributed by atoms with Gasteiger partial charge < -0.3 is 19.3 Å². The minimum absolute atomic E-state index is 0.0334. The van der Waals surface area contributed by atoms with E-state index in [0.29, 0.717) is 10.8 Å². The van der Waals surface area contributed by atoms with E-state index in [1.807, 2.05) is 30.0 Å². The van der Waals surface area contributed by atoms with E-state index in [2.05, 4.69) is 12.1 Å². The van der Waals surface area contributed by atoms with E-state index >= 15 is 0 Å². The van der Waals surface area contributed by atoms with Gasteiger partial charge in [-0.05, 0) is 55.0 Å². The van der Waals surface area contributed by atoms with Crippen LogP contribution in [-0.4, -0.2) is 50.7 Å². The molecule has 0 saturated carbocycles. The summed E-state index contributed by atoms with van der Waals surface area (Å²) in [7, 11) is 1.67. The normalized spacial score (nSPS) is 14.9. The van der Waals surface area contributed by atoms with Crippen molar-refractivity contribution in [2.75, 3.05) is 39.9 Å². The van der Waals surface area contributed by atoms with E-state index in [1.165, 1.54) is 10.5 Å². The molecule has 6 heteroatoms. The quantitative estimate of drug-likeness (QED) is 0.821. The summed E-state index contributed by atoms with van der Waals surface area (Å²) in [6, 6.07) is 13.6. The van der Waals surface area contributed by atoms with Gasteiger partial charge in [-0.1, -0.05) is 11.6 Å². The maximum absolute atomic E-state index is 12.4. The molecule has 1 aliphatic heterocycles. The number of rotatable bonds is 6. The zero-order valence-electron chi connectivity index (χ0n) is 15.8. The van der Waals surface area contributed by atoms with Crippen molar-refractivity contribution >= 4 is 17.5 Å². The third kappa shape index (κ3) is 5.37. The second-order valence-corrected chi connectivity index (χ2v) is 7.26. The SMILES string of the molecule is COc1ccc(C[NH+]2CCN(C(=O)COc3ccc(Cl)c(C)c3)CC2)cc1. The number of halogens is 1. The van der Waals surface area contributed by atoms with E-state index in [4.69, 9.17) is 21.1 Å². The Morgan fingerprint density at radius 2 is 1.78 bits per heavy atom. The topological polar surface area (TPSA) is 43.2 Å². The highest BCUT2D eigenvalue weighted by atomic mass is 35.5. The van der Waals surface area contributed by atoms with Gasteiger partial charge in [-0.15, -0.1) is 0 Å². The fourth-order valence-electron chi connectivity index (χ4n) is 3.22. The molecule has 27 heavy (non-hydrogen) atoms. The van der Waals surface area contributed by atoms with Gasteiger partial charge in [-0.3, -0.25) is 4.79 Å². The maximum Gasteiger partial charge on any atom is 0.260 e. The average Bonchev–Trinajstić information content (AvgIpc) is 2.70. The Labute approximate surface area is 165 Å². The summed E-state index contributed by atoms with van der Waals surface area (Å²) in [6.07, 6.45) is 0. The Bertz CT molecular complexity index is 771. The number of carbonyl (C=O) groups is 1. The second-order valence-electron chi connectivity index (χ2n) is 6.86. The van der Waals surface area contributed by atoms with E-state index in [0.717, 1.165) is 44.0 Å². The first-order chi connectivity index (χ1) is 13.0. The molecule has 144 valence electrons. The smallest absolute Gasteiger partial charge is 0.260 e. The van der Waals surface area contributed by atoms with Crippen molar-refractivity contribution in [1.82, 2.24) is 4.90 Å². The molecule has 1 saturated heterocycles. The molecule has 3 rings (SSSR count). The zero-order valence-corrected chi connectivity index (χ0v) is 16.6. The Hall–Kier alpha value is -2.24. The second kappa shape index (κ2) is 9.11. The summed E-state index contributed by atoms with van der Waals surface area (Å²) in [5.74, 6) is 1.58. The molecule has 0 spiro atoms. The number of benzene rings is 2. The lowest BCUT2D eigenvalue weighted by Crippen LogP contribution is -3.13. The molecule has 0 bridgehead atoms. The summed E-state index contributed by atoms with van der Waals surface area (Å²) in [5.41, 5.74) is 2.23. The summed E-state index contributed by atoms with van der Waals surface area (Å²) >= 11 is 6.01. The molecular formula is C21H26ClN2O3+. The molecule has 1 amide bonds. The molecule has 2 aromatic carbocycles. The van der Waals surface area contributed by atoms with Crippen LogP contribution < -0.4 is 14.4 Å². The van der Waals surface area contributed by atoms with Gasteiger partial charge >= 0.3 is 0 Å². The van der Waals surface area contributed by atoms with Crippen molar-refractivity contribution in [2.45, 2.75) is 13.5 Å².